The van der Waals surface area contributed by atoms with Crippen LogP contribution in [0.2, 0.25) is 0 Å². The van der Waals surface area contributed by atoms with Crippen LogP contribution in [-0.4, -0.2) is 60.1 Å². The highest BCUT2D eigenvalue weighted by atomic mass is 16.2. The Morgan fingerprint density at radius 2 is 1.85 bits per heavy atom. The summed E-state index contributed by atoms with van der Waals surface area (Å²) in [6.45, 7) is 4.07. The molecule has 1 saturated carbocycles. The lowest BCUT2D eigenvalue weighted by molar-refractivity contribution is -0.122. The predicted molar refractivity (Wildman–Crippen MR) is 129 cm³/mol. The number of aromatic nitrogens is 1. The second-order valence-electron chi connectivity index (χ2n) is 9.10. The molecule has 1 aromatic heterocycles. The van der Waals surface area contributed by atoms with Crippen LogP contribution in [-0.2, 0) is 4.79 Å². The van der Waals surface area contributed by atoms with E-state index in [1.807, 2.05) is 37.3 Å². The SMILES string of the molecule is Cc1cccc(C(=O)NCC(=O)NC2CN(C3CCC(c4cccc(NCN)n4)CC3)C2)c1. The highest BCUT2D eigenvalue weighted by Gasteiger charge is 2.35. The molecule has 2 heterocycles. The number of likely N-dealkylation sites (tertiary alicyclic amines) is 1. The number of pyridine rings is 1. The van der Waals surface area contributed by atoms with Gasteiger partial charge in [0.1, 0.15) is 5.82 Å². The van der Waals surface area contributed by atoms with E-state index in [4.69, 9.17) is 10.7 Å². The summed E-state index contributed by atoms with van der Waals surface area (Å²) < 4.78 is 0. The molecule has 0 radical (unpaired) electrons. The van der Waals surface area contributed by atoms with Gasteiger partial charge in [-0.15, -0.1) is 0 Å². The number of carbonyl (C=O) groups is 2. The van der Waals surface area contributed by atoms with Crippen LogP contribution in [0, 0.1) is 6.92 Å². The summed E-state index contributed by atoms with van der Waals surface area (Å²) in [6.07, 6.45) is 4.55. The van der Waals surface area contributed by atoms with Gasteiger partial charge >= 0.3 is 0 Å². The zero-order valence-corrected chi connectivity index (χ0v) is 19.2. The Hall–Kier alpha value is -2.97. The molecule has 2 fully saturated rings. The lowest BCUT2D eigenvalue weighted by Crippen LogP contribution is -2.63. The number of benzene rings is 1. The Bertz CT molecular complexity index is 967. The summed E-state index contributed by atoms with van der Waals surface area (Å²) in [4.78, 5) is 31.6. The molecule has 0 unspecified atom stereocenters. The van der Waals surface area contributed by atoms with Gasteiger partial charge in [-0.2, -0.15) is 0 Å². The van der Waals surface area contributed by atoms with Crippen LogP contribution in [0.3, 0.4) is 0 Å². The lowest BCUT2D eigenvalue weighted by atomic mass is 9.82. The molecular weight excluding hydrogens is 416 g/mol. The molecule has 0 atom stereocenters. The number of amides is 2. The molecule has 33 heavy (non-hydrogen) atoms. The van der Waals surface area contributed by atoms with E-state index in [9.17, 15) is 9.59 Å². The Morgan fingerprint density at radius 1 is 1.09 bits per heavy atom. The molecule has 0 spiro atoms. The molecule has 8 nitrogen and oxygen atoms in total. The van der Waals surface area contributed by atoms with Gasteiger partial charge in [-0.3, -0.25) is 14.5 Å². The Labute approximate surface area is 195 Å². The van der Waals surface area contributed by atoms with E-state index in [1.165, 1.54) is 0 Å². The van der Waals surface area contributed by atoms with Crippen LogP contribution in [0.15, 0.2) is 42.5 Å². The first-order valence-corrected chi connectivity index (χ1v) is 11.8. The van der Waals surface area contributed by atoms with E-state index < -0.39 is 0 Å². The van der Waals surface area contributed by atoms with Crippen molar-refractivity contribution in [3.05, 3.63) is 59.3 Å². The molecule has 8 heteroatoms. The number of carbonyl (C=O) groups excluding carboxylic acids is 2. The zero-order valence-electron chi connectivity index (χ0n) is 19.2. The largest absolute Gasteiger partial charge is 0.358 e. The van der Waals surface area contributed by atoms with Crippen molar-refractivity contribution >= 4 is 17.6 Å². The van der Waals surface area contributed by atoms with Crippen LogP contribution in [0.5, 0.6) is 0 Å². The Balaban J connectivity index is 1.15. The minimum absolute atomic E-state index is 0.000535. The summed E-state index contributed by atoms with van der Waals surface area (Å²) >= 11 is 0. The van der Waals surface area contributed by atoms with Crippen molar-refractivity contribution < 1.29 is 9.59 Å². The van der Waals surface area contributed by atoms with Crippen LogP contribution in [0.4, 0.5) is 5.82 Å². The van der Waals surface area contributed by atoms with Crippen molar-refractivity contribution in [2.24, 2.45) is 5.73 Å². The highest BCUT2D eigenvalue weighted by Crippen LogP contribution is 2.35. The van der Waals surface area contributed by atoms with Crippen molar-refractivity contribution in [1.82, 2.24) is 20.5 Å². The van der Waals surface area contributed by atoms with Crippen molar-refractivity contribution in [2.75, 3.05) is 31.6 Å². The van der Waals surface area contributed by atoms with Gasteiger partial charge in [0.25, 0.3) is 5.91 Å². The number of anilines is 1. The van der Waals surface area contributed by atoms with Crippen LogP contribution < -0.4 is 21.7 Å². The molecule has 1 aromatic carbocycles. The van der Waals surface area contributed by atoms with Crippen LogP contribution >= 0.6 is 0 Å². The molecule has 5 N–H and O–H groups in total. The molecule has 0 bridgehead atoms. The van der Waals surface area contributed by atoms with E-state index in [-0.39, 0.29) is 24.4 Å². The Morgan fingerprint density at radius 3 is 2.58 bits per heavy atom. The van der Waals surface area contributed by atoms with Gasteiger partial charge in [0, 0.05) is 36.3 Å². The highest BCUT2D eigenvalue weighted by molar-refractivity contribution is 5.96. The van der Waals surface area contributed by atoms with Gasteiger partial charge in [-0.05, 0) is 56.9 Å². The van der Waals surface area contributed by atoms with Gasteiger partial charge in [-0.25, -0.2) is 4.98 Å². The maximum atomic E-state index is 12.2. The lowest BCUT2D eigenvalue weighted by Gasteiger charge is -2.46. The number of nitrogens with two attached hydrogens (primary N) is 1. The molecular formula is C25H34N6O2. The van der Waals surface area contributed by atoms with E-state index in [2.05, 4.69) is 26.9 Å². The maximum absolute atomic E-state index is 12.2. The first-order chi connectivity index (χ1) is 16.0. The zero-order chi connectivity index (χ0) is 23.2. The van der Waals surface area contributed by atoms with Gasteiger partial charge in [-0.1, -0.05) is 23.8 Å². The minimum atomic E-state index is -0.223. The second kappa shape index (κ2) is 10.8. The molecule has 1 aliphatic heterocycles. The number of nitrogens with zero attached hydrogens (tertiary/aromatic N) is 2. The number of nitrogens with one attached hydrogen (secondary N) is 3. The van der Waals surface area contributed by atoms with Crippen molar-refractivity contribution in [3.63, 3.8) is 0 Å². The van der Waals surface area contributed by atoms with Gasteiger partial charge in [0.2, 0.25) is 5.91 Å². The normalized spacial score (nSPS) is 21.2. The topological polar surface area (TPSA) is 112 Å². The average molecular weight is 451 g/mol. The quantitative estimate of drug-likeness (QED) is 0.458. The first-order valence-electron chi connectivity index (χ1n) is 11.8. The third-order valence-corrected chi connectivity index (χ3v) is 6.65. The van der Waals surface area contributed by atoms with Crippen molar-refractivity contribution in [3.8, 4) is 0 Å². The summed E-state index contributed by atoms with van der Waals surface area (Å²) in [6, 6.07) is 14.2. The number of rotatable bonds is 8. The number of hydrogen-bond donors (Lipinski definition) is 4. The molecule has 1 saturated heterocycles. The first kappa shape index (κ1) is 23.2. The monoisotopic (exact) mass is 450 g/mol. The van der Waals surface area contributed by atoms with Gasteiger partial charge in [0.05, 0.1) is 19.3 Å². The van der Waals surface area contributed by atoms with Gasteiger partial charge < -0.3 is 21.7 Å². The fourth-order valence-electron chi connectivity index (χ4n) is 4.85. The fourth-order valence-corrected chi connectivity index (χ4v) is 4.85. The van der Waals surface area contributed by atoms with Crippen molar-refractivity contribution in [1.29, 1.82) is 0 Å². The summed E-state index contributed by atoms with van der Waals surface area (Å²) in [7, 11) is 0. The van der Waals surface area contributed by atoms with Crippen LogP contribution in [0.1, 0.15) is 53.2 Å². The molecule has 2 aliphatic rings. The molecule has 4 rings (SSSR count). The third-order valence-electron chi connectivity index (χ3n) is 6.65. The minimum Gasteiger partial charge on any atom is -0.358 e. The van der Waals surface area contributed by atoms with Crippen LogP contribution in [0.25, 0.3) is 0 Å². The fraction of sp³-hybridized carbons (Fsp3) is 0.480. The summed E-state index contributed by atoms with van der Waals surface area (Å²) in [5.41, 5.74) is 8.30. The van der Waals surface area contributed by atoms with E-state index in [1.54, 1.807) is 6.07 Å². The average Bonchev–Trinajstić information content (AvgIpc) is 2.80. The molecule has 1 aliphatic carbocycles. The maximum Gasteiger partial charge on any atom is 0.251 e. The molecule has 2 amide bonds. The van der Waals surface area contributed by atoms with Crippen molar-refractivity contribution in [2.45, 2.75) is 50.6 Å². The second-order valence-corrected chi connectivity index (χ2v) is 9.10. The number of hydrogen-bond acceptors (Lipinski definition) is 6. The third kappa shape index (κ3) is 6.09. The smallest absolute Gasteiger partial charge is 0.251 e. The van der Waals surface area contributed by atoms with E-state index >= 15 is 0 Å². The Kier molecular flexibility index (Phi) is 7.57. The predicted octanol–water partition coefficient (Wildman–Crippen LogP) is 1.97. The summed E-state index contributed by atoms with van der Waals surface area (Å²) in [5.74, 6) is 0.976. The van der Waals surface area contributed by atoms with E-state index in [0.717, 1.165) is 55.8 Å². The number of aryl methyl sites for hydroxylation is 1. The van der Waals surface area contributed by atoms with E-state index in [0.29, 0.717) is 24.2 Å². The van der Waals surface area contributed by atoms with Gasteiger partial charge in [0.15, 0.2) is 0 Å². The molecule has 2 aromatic rings. The summed E-state index contributed by atoms with van der Waals surface area (Å²) in [5, 5.41) is 8.82. The standard InChI is InChI=1S/C25H34N6O2/c1-17-4-2-5-19(12-17)25(33)27-13-24(32)29-20-14-31(15-20)21-10-8-18(9-11-21)22-6-3-7-23(30-22)28-16-26/h2-7,12,18,20-21H,8-11,13-16,26H2,1H3,(H,27,33)(H,28,30)(H,29,32). The molecule has 176 valence electrons.